The highest BCUT2D eigenvalue weighted by Crippen LogP contribution is 2.15. The fourth-order valence-corrected chi connectivity index (χ4v) is 2.56. The van der Waals surface area contributed by atoms with E-state index in [1.807, 2.05) is 38.1 Å². The summed E-state index contributed by atoms with van der Waals surface area (Å²) in [5.41, 5.74) is 4.03. The van der Waals surface area contributed by atoms with Crippen LogP contribution in [0.25, 0.3) is 0 Å². The van der Waals surface area contributed by atoms with Crippen LogP contribution >= 0.6 is 0 Å². The third-order valence-corrected chi connectivity index (χ3v) is 4.23. The molecule has 2 aromatic carbocycles. The van der Waals surface area contributed by atoms with Gasteiger partial charge in [0.05, 0.1) is 11.6 Å². The van der Waals surface area contributed by atoms with Crippen molar-refractivity contribution in [3.63, 3.8) is 0 Å². The molecule has 0 aliphatic rings. The number of pyridine rings is 1. The molecule has 6 heteroatoms. The number of nitrogens with zero attached hydrogens (tertiary/aromatic N) is 2. The van der Waals surface area contributed by atoms with Gasteiger partial charge in [-0.15, -0.1) is 0 Å². The minimum Gasteiger partial charge on any atom is -0.321 e. The largest absolute Gasteiger partial charge is 0.321 e. The van der Waals surface area contributed by atoms with E-state index in [-0.39, 0.29) is 11.4 Å². The van der Waals surface area contributed by atoms with Gasteiger partial charge in [-0.25, -0.2) is 4.98 Å². The molecular weight excluding hydrogens is 352 g/mol. The van der Waals surface area contributed by atoms with Gasteiger partial charge < -0.3 is 10.6 Å². The zero-order chi connectivity index (χ0) is 20.1. The minimum absolute atomic E-state index is 0.107. The van der Waals surface area contributed by atoms with E-state index >= 15 is 0 Å². The smallest absolute Gasteiger partial charge is 0.274 e. The summed E-state index contributed by atoms with van der Waals surface area (Å²) in [7, 11) is 0. The lowest BCUT2D eigenvalue weighted by molar-refractivity contribution is 0.101. The third-order valence-electron chi connectivity index (χ3n) is 4.23. The van der Waals surface area contributed by atoms with Gasteiger partial charge in [-0.3, -0.25) is 9.59 Å². The molecule has 3 rings (SSSR count). The van der Waals surface area contributed by atoms with E-state index < -0.39 is 11.8 Å². The van der Waals surface area contributed by atoms with Crippen molar-refractivity contribution in [2.75, 3.05) is 10.6 Å². The lowest BCUT2D eigenvalue weighted by Gasteiger charge is -2.09. The van der Waals surface area contributed by atoms with Crippen LogP contribution < -0.4 is 10.6 Å². The highest BCUT2D eigenvalue weighted by atomic mass is 16.2. The summed E-state index contributed by atoms with van der Waals surface area (Å²) < 4.78 is 0. The lowest BCUT2D eigenvalue weighted by atomic mass is 10.1. The van der Waals surface area contributed by atoms with E-state index in [1.165, 1.54) is 6.07 Å². The number of benzene rings is 2. The predicted octanol–water partition coefficient (Wildman–Crippen LogP) is 4.07. The molecule has 0 aliphatic carbocycles. The second-order valence-corrected chi connectivity index (χ2v) is 6.31. The number of hydrogen-bond donors (Lipinski definition) is 2. The first-order chi connectivity index (χ1) is 13.5. The van der Waals surface area contributed by atoms with E-state index in [0.717, 1.165) is 11.1 Å². The summed E-state index contributed by atoms with van der Waals surface area (Å²) in [4.78, 5) is 29.1. The van der Waals surface area contributed by atoms with Crippen LogP contribution in [0, 0.1) is 25.2 Å². The molecule has 0 bridgehead atoms. The van der Waals surface area contributed by atoms with Crippen LogP contribution in [0.5, 0.6) is 0 Å². The molecule has 1 aromatic heterocycles. The van der Waals surface area contributed by atoms with E-state index in [9.17, 15) is 9.59 Å². The predicted molar refractivity (Wildman–Crippen MR) is 107 cm³/mol. The summed E-state index contributed by atoms with van der Waals surface area (Å²) in [5.74, 6) is -0.861. The number of carbonyl (C=O) groups excluding carboxylic acids is 2. The van der Waals surface area contributed by atoms with E-state index in [4.69, 9.17) is 5.26 Å². The second kappa shape index (κ2) is 8.14. The number of carbonyl (C=O) groups is 2. The first-order valence-electron chi connectivity index (χ1n) is 8.63. The van der Waals surface area contributed by atoms with Gasteiger partial charge in [-0.05, 0) is 67.4 Å². The van der Waals surface area contributed by atoms with Crippen LogP contribution in [0.4, 0.5) is 11.4 Å². The van der Waals surface area contributed by atoms with Gasteiger partial charge in [0.2, 0.25) is 0 Å². The molecule has 0 fully saturated rings. The average molecular weight is 370 g/mol. The normalized spacial score (nSPS) is 10.0. The molecule has 0 radical (unpaired) electrons. The minimum atomic E-state index is -0.462. The van der Waals surface area contributed by atoms with E-state index in [2.05, 4.69) is 15.6 Å². The fourth-order valence-electron chi connectivity index (χ4n) is 2.56. The first-order valence-corrected chi connectivity index (χ1v) is 8.63. The molecule has 6 nitrogen and oxygen atoms in total. The zero-order valence-corrected chi connectivity index (χ0v) is 15.5. The zero-order valence-electron chi connectivity index (χ0n) is 15.5. The molecule has 1 heterocycles. The highest BCUT2D eigenvalue weighted by Gasteiger charge is 2.13. The number of aromatic nitrogens is 1. The number of amides is 2. The highest BCUT2D eigenvalue weighted by molar-refractivity contribution is 6.06. The third kappa shape index (κ3) is 4.40. The Morgan fingerprint density at radius 1 is 0.821 bits per heavy atom. The van der Waals surface area contributed by atoms with Crippen molar-refractivity contribution in [1.29, 1.82) is 5.26 Å². The van der Waals surface area contributed by atoms with Crippen LogP contribution in [-0.2, 0) is 0 Å². The summed E-state index contributed by atoms with van der Waals surface area (Å²) in [6.45, 7) is 3.96. The van der Waals surface area contributed by atoms with Gasteiger partial charge in [0.25, 0.3) is 11.8 Å². The molecule has 138 valence electrons. The van der Waals surface area contributed by atoms with Crippen molar-refractivity contribution in [3.8, 4) is 6.07 Å². The Kier molecular flexibility index (Phi) is 5.47. The quantitative estimate of drug-likeness (QED) is 0.723. The fraction of sp³-hybridized carbons (Fsp3) is 0.0909. The molecule has 0 spiro atoms. The average Bonchev–Trinajstić information content (AvgIpc) is 2.71. The molecule has 28 heavy (non-hydrogen) atoms. The maximum absolute atomic E-state index is 12.5. The number of rotatable bonds is 4. The Morgan fingerprint density at radius 3 is 2.04 bits per heavy atom. The summed E-state index contributed by atoms with van der Waals surface area (Å²) in [6.07, 6.45) is 0. The Hall–Kier alpha value is -3.98. The van der Waals surface area contributed by atoms with Crippen LogP contribution in [0.1, 0.15) is 37.7 Å². The van der Waals surface area contributed by atoms with E-state index in [0.29, 0.717) is 16.9 Å². The van der Waals surface area contributed by atoms with E-state index in [1.54, 1.807) is 36.4 Å². The summed E-state index contributed by atoms with van der Waals surface area (Å²) in [5, 5.41) is 14.4. The molecular formula is C22H18N4O2. The van der Waals surface area contributed by atoms with Crippen LogP contribution in [0.15, 0.2) is 60.7 Å². The topological polar surface area (TPSA) is 94.9 Å². The molecule has 0 saturated carbocycles. The number of aryl methyl sites for hydroxylation is 2. The molecule has 0 saturated heterocycles. The first kappa shape index (κ1) is 18.8. The van der Waals surface area contributed by atoms with Gasteiger partial charge in [-0.2, -0.15) is 5.26 Å². The molecule has 2 N–H and O–H groups in total. The van der Waals surface area contributed by atoms with Crippen molar-refractivity contribution in [2.45, 2.75) is 13.8 Å². The Bertz CT molecular complexity index is 1100. The lowest BCUT2D eigenvalue weighted by Crippen LogP contribution is -2.18. The molecule has 2 amide bonds. The van der Waals surface area contributed by atoms with Gasteiger partial charge in [0.1, 0.15) is 11.4 Å². The molecule has 0 unspecified atom stereocenters. The maximum Gasteiger partial charge on any atom is 0.274 e. The standard InChI is InChI=1S/C22H18N4O2/c1-14-9-10-18(11-15(14)2)25-22(28)20-8-4-7-19(26-20)21(27)24-17-6-3-5-16(12-17)13-23/h3-12H,1-2H3,(H,24,27)(H,25,28). The Morgan fingerprint density at radius 2 is 1.43 bits per heavy atom. The van der Waals surface area contributed by atoms with Crippen molar-refractivity contribution in [1.82, 2.24) is 4.98 Å². The van der Waals surface area contributed by atoms with Crippen LogP contribution in [-0.4, -0.2) is 16.8 Å². The summed E-state index contributed by atoms with van der Waals surface area (Å²) >= 11 is 0. The van der Waals surface area contributed by atoms with Crippen LogP contribution in [0.3, 0.4) is 0 Å². The maximum atomic E-state index is 12.5. The van der Waals surface area contributed by atoms with Crippen molar-refractivity contribution in [2.24, 2.45) is 0 Å². The summed E-state index contributed by atoms with van der Waals surface area (Å²) in [6, 6.07) is 18.9. The van der Waals surface area contributed by atoms with Crippen molar-refractivity contribution in [3.05, 3.63) is 88.7 Å². The van der Waals surface area contributed by atoms with Gasteiger partial charge in [0.15, 0.2) is 0 Å². The molecule has 0 atom stereocenters. The van der Waals surface area contributed by atoms with Crippen molar-refractivity contribution < 1.29 is 9.59 Å². The number of nitrogens with one attached hydrogen (secondary N) is 2. The SMILES string of the molecule is Cc1ccc(NC(=O)c2cccc(C(=O)Nc3cccc(C#N)c3)n2)cc1C. The van der Waals surface area contributed by atoms with Gasteiger partial charge in [-0.1, -0.05) is 18.2 Å². The van der Waals surface area contributed by atoms with Gasteiger partial charge in [0, 0.05) is 11.4 Å². The molecule has 0 aliphatic heterocycles. The van der Waals surface area contributed by atoms with Crippen LogP contribution in [0.2, 0.25) is 0 Å². The monoisotopic (exact) mass is 370 g/mol. The van der Waals surface area contributed by atoms with Gasteiger partial charge >= 0.3 is 0 Å². The number of hydrogen-bond acceptors (Lipinski definition) is 4. The second-order valence-electron chi connectivity index (χ2n) is 6.31. The number of nitriles is 1. The number of anilines is 2. The Labute approximate surface area is 162 Å². The molecule has 3 aromatic rings. The van der Waals surface area contributed by atoms with Crippen molar-refractivity contribution >= 4 is 23.2 Å². The Balaban J connectivity index is 1.75.